The van der Waals surface area contributed by atoms with Crippen molar-refractivity contribution in [3.8, 4) is 16.9 Å². The first-order valence-corrected chi connectivity index (χ1v) is 8.60. The van der Waals surface area contributed by atoms with Crippen LogP contribution in [-0.2, 0) is 9.47 Å². The van der Waals surface area contributed by atoms with Gasteiger partial charge in [-0.2, -0.15) is 0 Å². The van der Waals surface area contributed by atoms with Crippen molar-refractivity contribution >= 4 is 0 Å². The molecule has 140 valence electrons. The van der Waals surface area contributed by atoms with E-state index in [4.69, 9.17) is 14.2 Å². The van der Waals surface area contributed by atoms with Crippen molar-refractivity contribution < 1.29 is 27.4 Å². The molecule has 0 spiro atoms. The maximum absolute atomic E-state index is 14.6. The van der Waals surface area contributed by atoms with Crippen LogP contribution in [0.1, 0.15) is 31.4 Å². The summed E-state index contributed by atoms with van der Waals surface area (Å²) in [5, 5.41) is 0. The molecular weight excluding hydrogens is 345 g/mol. The highest BCUT2D eigenvalue weighted by molar-refractivity contribution is 5.66. The predicted molar refractivity (Wildman–Crippen MR) is 91.6 cm³/mol. The molecule has 1 aliphatic heterocycles. The van der Waals surface area contributed by atoms with Crippen LogP contribution in [0, 0.1) is 17.5 Å². The second-order valence-corrected chi connectivity index (χ2v) is 6.16. The molecule has 0 N–H and O–H groups in total. The van der Waals surface area contributed by atoms with Crippen molar-refractivity contribution in [1.29, 1.82) is 0 Å². The summed E-state index contributed by atoms with van der Waals surface area (Å²) in [6.45, 7) is 2.85. The van der Waals surface area contributed by atoms with Gasteiger partial charge in [-0.3, -0.25) is 0 Å². The Labute approximate surface area is 150 Å². The van der Waals surface area contributed by atoms with Gasteiger partial charge in [0.15, 0.2) is 23.2 Å². The van der Waals surface area contributed by atoms with E-state index in [-0.39, 0.29) is 28.5 Å². The van der Waals surface area contributed by atoms with Crippen molar-refractivity contribution in [2.45, 2.75) is 32.0 Å². The van der Waals surface area contributed by atoms with Crippen molar-refractivity contribution in [2.75, 3.05) is 20.3 Å². The standard InChI is InChI=1S/C20H21F3O3/c1-3-25-13-5-9-17(26-11-13)15-7-6-14(19(22)20(15)23)12-4-8-18(24-2)16(21)10-12/h4,6-8,10,13,17H,3,5,9,11H2,1-2H3. The highest BCUT2D eigenvalue weighted by Crippen LogP contribution is 2.35. The van der Waals surface area contributed by atoms with E-state index in [9.17, 15) is 13.2 Å². The van der Waals surface area contributed by atoms with Crippen molar-refractivity contribution in [3.63, 3.8) is 0 Å². The molecule has 2 atom stereocenters. The van der Waals surface area contributed by atoms with Crippen LogP contribution >= 0.6 is 0 Å². The third kappa shape index (κ3) is 3.71. The van der Waals surface area contributed by atoms with Gasteiger partial charge in [0.05, 0.1) is 25.9 Å². The van der Waals surface area contributed by atoms with Crippen molar-refractivity contribution in [2.24, 2.45) is 0 Å². The zero-order valence-corrected chi connectivity index (χ0v) is 14.7. The van der Waals surface area contributed by atoms with Crippen molar-refractivity contribution in [3.05, 3.63) is 53.3 Å². The van der Waals surface area contributed by atoms with Crippen LogP contribution in [0.25, 0.3) is 11.1 Å². The summed E-state index contributed by atoms with van der Waals surface area (Å²) in [6.07, 6.45) is 0.760. The molecule has 26 heavy (non-hydrogen) atoms. The van der Waals surface area contributed by atoms with E-state index in [1.54, 1.807) is 0 Å². The van der Waals surface area contributed by atoms with E-state index < -0.39 is 23.6 Å². The molecule has 6 heteroatoms. The Kier molecular flexibility index (Phi) is 5.84. The van der Waals surface area contributed by atoms with Gasteiger partial charge in [-0.25, -0.2) is 13.2 Å². The molecular formula is C20H21F3O3. The molecule has 2 unspecified atom stereocenters. The van der Waals surface area contributed by atoms with Gasteiger partial charge in [0.1, 0.15) is 0 Å². The summed E-state index contributed by atoms with van der Waals surface area (Å²) < 4.78 is 59.1. The van der Waals surface area contributed by atoms with Gasteiger partial charge < -0.3 is 14.2 Å². The van der Waals surface area contributed by atoms with E-state index in [2.05, 4.69) is 0 Å². The number of hydrogen-bond acceptors (Lipinski definition) is 3. The third-order valence-corrected chi connectivity index (χ3v) is 4.56. The van der Waals surface area contributed by atoms with Crippen LogP contribution in [0.4, 0.5) is 13.2 Å². The average molecular weight is 366 g/mol. The Morgan fingerprint density at radius 2 is 1.88 bits per heavy atom. The van der Waals surface area contributed by atoms with E-state index in [1.165, 1.54) is 31.4 Å². The normalized spacial score (nSPS) is 20.2. The minimum Gasteiger partial charge on any atom is -0.494 e. The number of halogens is 3. The summed E-state index contributed by atoms with van der Waals surface area (Å²) >= 11 is 0. The van der Waals surface area contributed by atoms with Crippen LogP contribution in [-0.4, -0.2) is 26.4 Å². The second kappa shape index (κ2) is 8.10. The number of ether oxygens (including phenoxy) is 3. The summed E-state index contributed by atoms with van der Waals surface area (Å²) in [5.41, 5.74) is 0.415. The minimum absolute atomic E-state index is 0.00388. The fourth-order valence-electron chi connectivity index (χ4n) is 3.21. The first kappa shape index (κ1) is 18.7. The molecule has 0 amide bonds. The van der Waals surface area contributed by atoms with Gasteiger partial charge in [-0.15, -0.1) is 0 Å². The molecule has 1 heterocycles. The fourth-order valence-corrected chi connectivity index (χ4v) is 3.21. The largest absolute Gasteiger partial charge is 0.494 e. The van der Waals surface area contributed by atoms with Crippen molar-refractivity contribution in [1.82, 2.24) is 0 Å². The van der Waals surface area contributed by atoms with E-state index in [1.807, 2.05) is 6.92 Å². The fraction of sp³-hybridized carbons (Fsp3) is 0.400. The van der Waals surface area contributed by atoms with Crippen LogP contribution in [0.3, 0.4) is 0 Å². The summed E-state index contributed by atoms with van der Waals surface area (Å²) in [7, 11) is 1.34. The van der Waals surface area contributed by atoms with E-state index in [0.29, 0.717) is 19.6 Å². The number of benzene rings is 2. The Bertz CT molecular complexity index is 771. The SMILES string of the molecule is CCOC1CCC(c2ccc(-c3ccc(OC)c(F)c3)c(F)c2F)OC1. The molecule has 0 radical (unpaired) electrons. The summed E-state index contributed by atoms with van der Waals surface area (Å²) in [5.74, 6) is -2.56. The summed E-state index contributed by atoms with van der Waals surface area (Å²) in [6, 6.07) is 6.95. The molecule has 0 aromatic heterocycles. The number of rotatable bonds is 5. The van der Waals surface area contributed by atoms with Gasteiger partial charge in [0.2, 0.25) is 0 Å². The maximum Gasteiger partial charge on any atom is 0.167 e. The molecule has 0 saturated carbocycles. The Hall–Kier alpha value is -2.05. The zero-order chi connectivity index (χ0) is 18.7. The van der Waals surface area contributed by atoms with Gasteiger partial charge in [0, 0.05) is 17.7 Å². The third-order valence-electron chi connectivity index (χ3n) is 4.56. The lowest BCUT2D eigenvalue weighted by Gasteiger charge is -2.29. The van der Waals surface area contributed by atoms with Crippen LogP contribution in [0.2, 0.25) is 0 Å². The zero-order valence-electron chi connectivity index (χ0n) is 14.7. The molecule has 3 rings (SSSR count). The molecule has 1 saturated heterocycles. The Morgan fingerprint density at radius 3 is 2.50 bits per heavy atom. The molecule has 1 aliphatic rings. The monoisotopic (exact) mass is 366 g/mol. The molecule has 0 aliphatic carbocycles. The van der Waals surface area contributed by atoms with Gasteiger partial charge in [0.25, 0.3) is 0 Å². The minimum atomic E-state index is -1.01. The van der Waals surface area contributed by atoms with Gasteiger partial charge >= 0.3 is 0 Å². The second-order valence-electron chi connectivity index (χ2n) is 6.16. The van der Waals surface area contributed by atoms with E-state index >= 15 is 0 Å². The quantitative estimate of drug-likeness (QED) is 0.742. The van der Waals surface area contributed by atoms with Crippen LogP contribution in [0.15, 0.2) is 30.3 Å². The Balaban J connectivity index is 1.84. The molecule has 1 fully saturated rings. The van der Waals surface area contributed by atoms with Crippen LogP contribution in [0.5, 0.6) is 5.75 Å². The summed E-state index contributed by atoms with van der Waals surface area (Å²) in [4.78, 5) is 0. The van der Waals surface area contributed by atoms with Gasteiger partial charge in [-0.05, 0) is 37.5 Å². The number of hydrogen-bond donors (Lipinski definition) is 0. The van der Waals surface area contributed by atoms with Crippen LogP contribution < -0.4 is 4.74 Å². The molecule has 2 aromatic carbocycles. The van der Waals surface area contributed by atoms with Gasteiger partial charge in [-0.1, -0.05) is 18.2 Å². The molecule has 3 nitrogen and oxygen atoms in total. The first-order chi connectivity index (χ1) is 12.5. The maximum atomic E-state index is 14.6. The molecule has 0 bridgehead atoms. The Morgan fingerprint density at radius 1 is 1.08 bits per heavy atom. The predicted octanol–water partition coefficient (Wildman–Crippen LogP) is 5.04. The highest BCUT2D eigenvalue weighted by atomic mass is 19.2. The topological polar surface area (TPSA) is 27.7 Å². The smallest absolute Gasteiger partial charge is 0.167 e. The first-order valence-electron chi connectivity index (χ1n) is 8.60. The lowest BCUT2D eigenvalue weighted by Crippen LogP contribution is -2.28. The highest BCUT2D eigenvalue weighted by Gasteiger charge is 2.27. The average Bonchev–Trinajstić information content (AvgIpc) is 2.65. The molecule has 2 aromatic rings. The number of methoxy groups -OCH3 is 1. The van der Waals surface area contributed by atoms with E-state index in [0.717, 1.165) is 12.5 Å². The lowest BCUT2D eigenvalue weighted by molar-refractivity contribution is -0.0850. The lowest BCUT2D eigenvalue weighted by atomic mass is 9.96.